The normalized spacial score (nSPS) is 16.3. The van der Waals surface area contributed by atoms with Crippen LogP contribution in [0.2, 0.25) is 0 Å². The molecule has 1 aromatic heterocycles. The Labute approximate surface area is 170 Å². The molecule has 1 atom stereocenters. The molecule has 2 aromatic carbocycles. The van der Waals surface area contributed by atoms with E-state index in [-0.39, 0.29) is 5.91 Å². The van der Waals surface area contributed by atoms with E-state index in [4.69, 9.17) is 4.74 Å². The van der Waals surface area contributed by atoms with Crippen molar-refractivity contribution in [2.75, 3.05) is 23.3 Å². The third-order valence-corrected chi connectivity index (χ3v) is 4.94. The number of aromatic nitrogens is 2. The molecule has 148 valence electrons. The van der Waals surface area contributed by atoms with Crippen LogP contribution < -0.4 is 15.0 Å². The fourth-order valence-electron chi connectivity index (χ4n) is 3.43. The number of anilines is 2. The van der Waals surface area contributed by atoms with Gasteiger partial charge in [0.05, 0.1) is 12.4 Å². The molecule has 0 spiro atoms. The van der Waals surface area contributed by atoms with Gasteiger partial charge >= 0.3 is 0 Å². The topological polar surface area (TPSA) is 67.4 Å². The molecule has 1 N–H and O–H groups in total. The molecule has 0 saturated carbocycles. The van der Waals surface area contributed by atoms with Crippen LogP contribution in [0.3, 0.4) is 0 Å². The summed E-state index contributed by atoms with van der Waals surface area (Å²) in [4.78, 5) is 23.5. The van der Waals surface area contributed by atoms with Gasteiger partial charge in [0.2, 0.25) is 0 Å². The van der Waals surface area contributed by atoms with Crippen LogP contribution in [0.15, 0.2) is 67.0 Å². The molecule has 1 fully saturated rings. The quantitative estimate of drug-likeness (QED) is 0.683. The Morgan fingerprint density at radius 3 is 2.48 bits per heavy atom. The summed E-state index contributed by atoms with van der Waals surface area (Å²) in [7, 11) is 0. The average Bonchev–Trinajstić information content (AvgIpc) is 2.76. The van der Waals surface area contributed by atoms with Crippen molar-refractivity contribution >= 4 is 17.4 Å². The number of benzene rings is 2. The van der Waals surface area contributed by atoms with Gasteiger partial charge in [0.1, 0.15) is 23.0 Å². The molecule has 1 unspecified atom stereocenters. The first-order chi connectivity index (χ1) is 14.2. The van der Waals surface area contributed by atoms with Crippen molar-refractivity contribution < 1.29 is 9.53 Å². The maximum Gasteiger partial charge on any atom is 0.275 e. The zero-order valence-electron chi connectivity index (χ0n) is 16.4. The van der Waals surface area contributed by atoms with Gasteiger partial charge in [-0.2, -0.15) is 0 Å². The predicted octanol–water partition coefficient (Wildman–Crippen LogP) is 4.76. The van der Waals surface area contributed by atoms with Crippen LogP contribution >= 0.6 is 0 Å². The maximum absolute atomic E-state index is 12.5. The largest absolute Gasteiger partial charge is 0.457 e. The summed E-state index contributed by atoms with van der Waals surface area (Å²) < 4.78 is 5.76. The Kier molecular flexibility index (Phi) is 5.70. The summed E-state index contributed by atoms with van der Waals surface area (Å²) in [6.07, 6.45) is 5.63. The van der Waals surface area contributed by atoms with E-state index in [1.807, 2.05) is 42.5 Å². The van der Waals surface area contributed by atoms with E-state index in [2.05, 4.69) is 27.1 Å². The van der Waals surface area contributed by atoms with Gasteiger partial charge in [-0.15, -0.1) is 0 Å². The lowest BCUT2D eigenvalue weighted by molar-refractivity contribution is 0.102. The summed E-state index contributed by atoms with van der Waals surface area (Å²) >= 11 is 0. The molecular weight excluding hydrogens is 364 g/mol. The number of para-hydroxylation sites is 1. The summed E-state index contributed by atoms with van der Waals surface area (Å²) in [6.45, 7) is 4.22. The van der Waals surface area contributed by atoms with Gasteiger partial charge in [-0.05, 0) is 55.2 Å². The van der Waals surface area contributed by atoms with E-state index in [1.165, 1.54) is 12.6 Å². The second kappa shape index (κ2) is 8.73. The van der Waals surface area contributed by atoms with Crippen LogP contribution in [0, 0.1) is 5.92 Å². The lowest BCUT2D eigenvalue weighted by Crippen LogP contribution is -2.35. The SMILES string of the molecule is CC1CCCN(c2cnc(C(=O)Nc3ccc(Oc4ccccc4)cc3)cn2)C1. The van der Waals surface area contributed by atoms with Crippen molar-refractivity contribution in [1.82, 2.24) is 9.97 Å². The summed E-state index contributed by atoms with van der Waals surface area (Å²) in [5.74, 6) is 2.67. The van der Waals surface area contributed by atoms with E-state index in [1.54, 1.807) is 18.3 Å². The van der Waals surface area contributed by atoms with Gasteiger partial charge < -0.3 is 15.0 Å². The molecule has 0 radical (unpaired) electrons. The van der Waals surface area contributed by atoms with Gasteiger partial charge in [0.15, 0.2) is 0 Å². The number of hydrogen-bond acceptors (Lipinski definition) is 5. The highest BCUT2D eigenvalue weighted by Gasteiger charge is 2.18. The highest BCUT2D eigenvalue weighted by atomic mass is 16.5. The van der Waals surface area contributed by atoms with E-state index in [9.17, 15) is 4.79 Å². The van der Waals surface area contributed by atoms with Crippen LogP contribution in [-0.4, -0.2) is 29.0 Å². The Hall–Kier alpha value is -3.41. The highest BCUT2D eigenvalue weighted by molar-refractivity contribution is 6.02. The Bertz CT molecular complexity index is 943. The number of hydrogen-bond donors (Lipinski definition) is 1. The first-order valence-corrected chi connectivity index (χ1v) is 9.89. The Morgan fingerprint density at radius 2 is 1.79 bits per heavy atom. The zero-order chi connectivity index (χ0) is 20.1. The monoisotopic (exact) mass is 388 g/mol. The van der Waals surface area contributed by atoms with E-state index in [0.29, 0.717) is 23.0 Å². The molecule has 4 rings (SSSR count). The fraction of sp³-hybridized carbons (Fsp3) is 0.261. The number of ether oxygens (including phenoxy) is 1. The minimum absolute atomic E-state index is 0.284. The van der Waals surface area contributed by atoms with Crippen molar-refractivity contribution in [2.24, 2.45) is 5.92 Å². The average molecular weight is 388 g/mol. The molecule has 1 amide bonds. The van der Waals surface area contributed by atoms with Crippen molar-refractivity contribution in [3.05, 3.63) is 72.7 Å². The van der Waals surface area contributed by atoms with Crippen molar-refractivity contribution in [3.63, 3.8) is 0 Å². The Balaban J connectivity index is 1.36. The van der Waals surface area contributed by atoms with Crippen LogP contribution in [0.5, 0.6) is 11.5 Å². The van der Waals surface area contributed by atoms with Gasteiger partial charge in [-0.1, -0.05) is 25.1 Å². The van der Waals surface area contributed by atoms with Gasteiger partial charge in [-0.3, -0.25) is 4.79 Å². The van der Waals surface area contributed by atoms with Crippen molar-refractivity contribution in [3.8, 4) is 11.5 Å². The third-order valence-electron chi connectivity index (χ3n) is 4.94. The van der Waals surface area contributed by atoms with Gasteiger partial charge in [0.25, 0.3) is 5.91 Å². The van der Waals surface area contributed by atoms with Crippen molar-refractivity contribution in [1.29, 1.82) is 0 Å². The van der Waals surface area contributed by atoms with Gasteiger partial charge in [-0.25, -0.2) is 9.97 Å². The summed E-state index contributed by atoms with van der Waals surface area (Å²) in [5, 5.41) is 2.84. The third kappa shape index (κ3) is 4.90. The minimum atomic E-state index is -0.284. The predicted molar refractivity (Wildman–Crippen MR) is 114 cm³/mol. The second-order valence-electron chi connectivity index (χ2n) is 7.35. The standard InChI is InChI=1S/C23H24N4O2/c1-17-6-5-13-27(16-17)22-15-24-21(14-25-22)23(28)26-18-9-11-20(12-10-18)29-19-7-3-2-4-8-19/h2-4,7-12,14-15,17H,5-6,13,16H2,1H3,(H,26,28). The van der Waals surface area contributed by atoms with Gasteiger partial charge in [0, 0.05) is 18.8 Å². The number of carbonyl (C=O) groups is 1. The molecule has 0 bridgehead atoms. The molecule has 29 heavy (non-hydrogen) atoms. The summed E-state index contributed by atoms with van der Waals surface area (Å²) in [5.41, 5.74) is 0.967. The minimum Gasteiger partial charge on any atom is -0.457 e. The molecular formula is C23H24N4O2. The molecule has 2 heterocycles. The molecule has 6 nitrogen and oxygen atoms in total. The zero-order valence-corrected chi connectivity index (χ0v) is 16.4. The molecule has 1 aliphatic heterocycles. The number of carbonyl (C=O) groups excluding carboxylic acids is 1. The lowest BCUT2D eigenvalue weighted by atomic mass is 10.0. The Morgan fingerprint density at radius 1 is 1.03 bits per heavy atom. The molecule has 0 aliphatic carbocycles. The van der Waals surface area contributed by atoms with Crippen molar-refractivity contribution in [2.45, 2.75) is 19.8 Å². The first-order valence-electron chi connectivity index (χ1n) is 9.89. The van der Waals surface area contributed by atoms with E-state index in [0.717, 1.165) is 31.1 Å². The smallest absolute Gasteiger partial charge is 0.275 e. The lowest BCUT2D eigenvalue weighted by Gasteiger charge is -2.31. The first kappa shape index (κ1) is 18.9. The van der Waals surface area contributed by atoms with Crippen LogP contribution in [0.25, 0.3) is 0 Å². The number of amides is 1. The molecule has 1 aliphatic rings. The number of rotatable bonds is 5. The number of nitrogens with zero attached hydrogens (tertiary/aromatic N) is 3. The molecule has 3 aromatic rings. The van der Waals surface area contributed by atoms with E-state index >= 15 is 0 Å². The van der Waals surface area contributed by atoms with Crippen LogP contribution in [0.4, 0.5) is 11.5 Å². The fourth-order valence-corrected chi connectivity index (χ4v) is 3.43. The number of nitrogens with one attached hydrogen (secondary N) is 1. The second-order valence-corrected chi connectivity index (χ2v) is 7.35. The van der Waals surface area contributed by atoms with E-state index < -0.39 is 0 Å². The number of piperidine rings is 1. The molecule has 6 heteroatoms. The summed E-state index contributed by atoms with van der Waals surface area (Å²) in [6, 6.07) is 16.8. The highest BCUT2D eigenvalue weighted by Crippen LogP contribution is 2.23. The van der Waals surface area contributed by atoms with Crippen LogP contribution in [-0.2, 0) is 0 Å². The maximum atomic E-state index is 12.5. The van der Waals surface area contributed by atoms with Crippen LogP contribution in [0.1, 0.15) is 30.3 Å². The molecule has 1 saturated heterocycles.